The largest absolute Gasteiger partial charge is 0.321 e. The number of aryl methyl sites for hydroxylation is 3. The van der Waals surface area contributed by atoms with Gasteiger partial charge in [-0.25, -0.2) is 0 Å². The molecule has 24 heavy (non-hydrogen) atoms. The molecule has 0 saturated carbocycles. The van der Waals surface area contributed by atoms with Crippen molar-refractivity contribution < 1.29 is 4.79 Å². The monoisotopic (exact) mass is 315 g/mol. The molecule has 1 amide bonds. The summed E-state index contributed by atoms with van der Waals surface area (Å²) in [4.78, 5) is 12.8. The van der Waals surface area contributed by atoms with Gasteiger partial charge in [-0.2, -0.15) is 0 Å². The first-order valence-corrected chi connectivity index (χ1v) is 8.10. The molecule has 1 N–H and O–H groups in total. The van der Waals surface area contributed by atoms with Crippen molar-refractivity contribution in [1.82, 2.24) is 0 Å². The van der Waals surface area contributed by atoms with Crippen LogP contribution in [0.1, 0.15) is 27.0 Å². The molecule has 0 bridgehead atoms. The Labute approximate surface area is 143 Å². The third-order valence-electron chi connectivity index (χ3n) is 4.16. The van der Waals surface area contributed by atoms with Gasteiger partial charge in [-0.05, 0) is 43.5 Å². The van der Waals surface area contributed by atoms with Crippen molar-refractivity contribution in [3.63, 3.8) is 0 Å². The lowest BCUT2D eigenvalue weighted by atomic mass is 9.98. The fourth-order valence-corrected chi connectivity index (χ4v) is 3.18. The summed E-state index contributed by atoms with van der Waals surface area (Å²) in [7, 11) is 0. The van der Waals surface area contributed by atoms with Gasteiger partial charge in [0, 0.05) is 16.8 Å². The molecule has 0 saturated heterocycles. The van der Waals surface area contributed by atoms with Crippen molar-refractivity contribution in [1.29, 1.82) is 0 Å². The zero-order chi connectivity index (χ0) is 17.1. The molecular weight excluding hydrogens is 294 g/mol. The summed E-state index contributed by atoms with van der Waals surface area (Å²) in [5.41, 5.74) is 6.87. The lowest BCUT2D eigenvalue weighted by Gasteiger charge is -2.14. The molecule has 2 nitrogen and oxygen atoms in total. The molecule has 0 spiro atoms. The molecule has 0 unspecified atom stereocenters. The molecule has 0 aliphatic heterocycles. The van der Waals surface area contributed by atoms with Crippen LogP contribution in [-0.2, 0) is 0 Å². The zero-order valence-corrected chi connectivity index (χ0v) is 14.3. The fraction of sp³-hybridized carbons (Fsp3) is 0.136. The summed E-state index contributed by atoms with van der Waals surface area (Å²) in [6.45, 7) is 6.02. The Balaban J connectivity index is 1.97. The number of amides is 1. The molecule has 3 aromatic carbocycles. The molecule has 0 heterocycles. The Bertz CT molecular complexity index is 858. The fourth-order valence-electron chi connectivity index (χ4n) is 3.18. The van der Waals surface area contributed by atoms with E-state index in [9.17, 15) is 4.79 Å². The number of benzene rings is 3. The van der Waals surface area contributed by atoms with Crippen LogP contribution < -0.4 is 5.32 Å². The molecule has 0 aliphatic rings. The van der Waals surface area contributed by atoms with Gasteiger partial charge in [0.15, 0.2) is 0 Å². The van der Waals surface area contributed by atoms with E-state index in [-0.39, 0.29) is 5.91 Å². The third-order valence-corrected chi connectivity index (χ3v) is 4.16. The van der Waals surface area contributed by atoms with E-state index in [2.05, 4.69) is 5.32 Å². The van der Waals surface area contributed by atoms with Crippen LogP contribution in [0.4, 0.5) is 5.69 Å². The van der Waals surface area contributed by atoms with Crippen molar-refractivity contribution >= 4 is 11.6 Å². The predicted octanol–water partition coefficient (Wildman–Crippen LogP) is 5.53. The first-order valence-electron chi connectivity index (χ1n) is 8.10. The number of nitrogens with one attached hydrogen (secondary N) is 1. The first-order chi connectivity index (χ1) is 11.6. The van der Waals surface area contributed by atoms with Crippen molar-refractivity contribution in [2.24, 2.45) is 0 Å². The molecular formula is C22H21NO. The molecule has 2 heteroatoms. The number of anilines is 1. The lowest BCUT2D eigenvalue weighted by Crippen LogP contribution is -2.15. The number of carbonyl (C=O) groups excluding carboxylic acids is 1. The summed E-state index contributed by atoms with van der Waals surface area (Å²) in [6, 6.07) is 22.1. The number of hydrogen-bond donors (Lipinski definition) is 1. The van der Waals surface area contributed by atoms with Crippen LogP contribution in [0, 0.1) is 20.8 Å². The van der Waals surface area contributed by atoms with Crippen LogP contribution >= 0.6 is 0 Å². The number of rotatable bonds is 3. The quantitative estimate of drug-likeness (QED) is 0.676. The first kappa shape index (κ1) is 16.0. The SMILES string of the molecule is Cc1cc(C)c(C(=O)Nc2ccccc2-c2ccccc2)c(C)c1. The van der Waals surface area contributed by atoms with Crippen LogP contribution in [-0.4, -0.2) is 5.91 Å². The highest BCUT2D eigenvalue weighted by Gasteiger charge is 2.14. The van der Waals surface area contributed by atoms with Crippen molar-refractivity contribution in [3.8, 4) is 11.1 Å². The van der Waals surface area contributed by atoms with Gasteiger partial charge in [-0.15, -0.1) is 0 Å². The summed E-state index contributed by atoms with van der Waals surface area (Å²) in [5.74, 6) is -0.0617. The van der Waals surface area contributed by atoms with Gasteiger partial charge in [-0.3, -0.25) is 4.79 Å². The van der Waals surface area contributed by atoms with Crippen molar-refractivity contribution in [3.05, 3.63) is 89.0 Å². The highest BCUT2D eigenvalue weighted by molar-refractivity contribution is 6.08. The Morgan fingerprint density at radius 1 is 0.792 bits per heavy atom. The van der Waals surface area contributed by atoms with Gasteiger partial charge < -0.3 is 5.32 Å². The molecule has 0 fully saturated rings. The average Bonchev–Trinajstić information content (AvgIpc) is 2.55. The van der Waals surface area contributed by atoms with Crippen LogP contribution in [0.3, 0.4) is 0 Å². The second-order valence-corrected chi connectivity index (χ2v) is 6.14. The molecule has 3 aromatic rings. The highest BCUT2D eigenvalue weighted by atomic mass is 16.1. The van der Waals surface area contributed by atoms with E-state index in [1.807, 2.05) is 87.5 Å². The third kappa shape index (κ3) is 3.23. The molecule has 0 aromatic heterocycles. The predicted molar refractivity (Wildman–Crippen MR) is 100 cm³/mol. The number of carbonyl (C=O) groups is 1. The molecule has 0 atom stereocenters. The van der Waals surface area contributed by atoms with Gasteiger partial charge in [0.2, 0.25) is 0 Å². The van der Waals surface area contributed by atoms with Gasteiger partial charge >= 0.3 is 0 Å². The average molecular weight is 315 g/mol. The Kier molecular flexibility index (Phi) is 4.48. The summed E-state index contributed by atoms with van der Waals surface area (Å²) < 4.78 is 0. The van der Waals surface area contributed by atoms with E-state index >= 15 is 0 Å². The summed E-state index contributed by atoms with van der Waals surface area (Å²) in [6.07, 6.45) is 0. The second kappa shape index (κ2) is 6.71. The van der Waals surface area contributed by atoms with Crippen molar-refractivity contribution in [2.75, 3.05) is 5.32 Å². The van der Waals surface area contributed by atoms with E-state index < -0.39 is 0 Å². The van der Waals surface area contributed by atoms with Crippen LogP contribution in [0.15, 0.2) is 66.7 Å². The normalized spacial score (nSPS) is 10.5. The van der Waals surface area contributed by atoms with E-state index in [1.165, 1.54) is 5.56 Å². The summed E-state index contributed by atoms with van der Waals surface area (Å²) >= 11 is 0. The Morgan fingerprint density at radius 3 is 2.04 bits per heavy atom. The maximum Gasteiger partial charge on any atom is 0.256 e. The Morgan fingerprint density at radius 2 is 1.38 bits per heavy atom. The number of para-hydroxylation sites is 1. The zero-order valence-electron chi connectivity index (χ0n) is 14.3. The highest BCUT2D eigenvalue weighted by Crippen LogP contribution is 2.28. The minimum atomic E-state index is -0.0617. The standard InChI is InChI=1S/C22H21NO/c1-15-13-16(2)21(17(3)14-15)22(24)23-20-12-8-7-11-19(20)18-9-5-4-6-10-18/h4-14H,1-3H3,(H,23,24). The van der Waals surface area contributed by atoms with Crippen LogP contribution in [0.5, 0.6) is 0 Å². The molecule has 0 radical (unpaired) electrons. The topological polar surface area (TPSA) is 29.1 Å². The lowest BCUT2D eigenvalue weighted by molar-refractivity contribution is 0.102. The van der Waals surface area contributed by atoms with Crippen LogP contribution in [0.2, 0.25) is 0 Å². The molecule has 3 rings (SSSR count). The smallest absolute Gasteiger partial charge is 0.256 e. The minimum absolute atomic E-state index is 0.0617. The van der Waals surface area contributed by atoms with Crippen molar-refractivity contribution in [2.45, 2.75) is 20.8 Å². The van der Waals surface area contributed by atoms with Gasteiger partial charge in [-0.1, -0.05) is 66.2 Å². The maximum atomic E-state index is 12.8. The number of hydrogen-bond acceptors (Lipinski definition) is 1. The molecule has 120 valence electrons. The van der Waals surface area contributed by atoms with Crippen LogP contribution in [0.25, 0.3) is 11.1 Å². The van der Waals surface area contributed by atoms with E-state index in [4.69, 9.17) is 0 Å². The molecule has 0 aliphatic carbocycles. The van der Waals surface area contributed by atoms with E-state index in [1.54, 1.807) is 0 Å². The maximum absolute atomic E-state index is 12.8. The Hall–Kier alpha value is -2.87. The summed E-state index contributed by atoms with van der Waals surface area (Å²) in [5, 5.41) is 3.09. The van der Waals surface area contributed by atoms with Gasteiger partial charge in [0.1, 0.15) is 0 Å². The van der Waals surface area contributed by atoms with Gasteiger partial charge in [0.05, 0.1) is 0 Å². The van der Waals surface area contributed by atoms with E-state index in [0.717, 1.165) is 33.5 Å². The van der Waals surface area contributed by atoms with E-state index in [0.29, 0.717) is 0 Å². The minimum Gasteiger partial charge on any atom is -0.321 e. The van der Waals surface area contributed by atoms with Gasteiger partial charge in [0.25, 0.3) is 5.91 Å². The second-order valence-electron chi connectivity index (χ2n) is 6.14.